The maximum atomic E-state index is 13.4. The molecular weight excluding hydrogens is 450 g/mol. The Labute approximate surface area is 215 Å². The first-order valence-corrected chi connectivity index (χ1v) is 12.9. The molecular formula is C29H39N5O2. The van der Waals surface area contributed by atoms with E-state index >= 15 is 0 Å². The van der Waals surface area contributed by atoms with E-state index in [1.807, 2.05) is 38.1 Å². The number of carbonyl (C=O) groups is 1. The van der Waals surface area contributed by atoms with Gasteiger partial charge in [-0.15, -0.1) is 0 Å². The fourth-order valence-electron chi connectivity index (χ4n) is 5.03. The van der Waals surface area contributed by atoms with E-state index in [1.165, 1.54) is 25.5 Å². The SMILES string of the molecule is CN/C=C(\C=N)c1cc(OC)cc([C@@H](C)NC(=O)c2cc(N3CCN(C4CCC4)CC3)ccc2C)c1. The van der Waals surface area contributed by atoms with Crippen molar-refractivity contribution in [2.75, 3.05) is 45.2 Å². The zero-order valence-corrected chi connectivity index (χ0v) is 21.9. The quantitative estimate of drug-likeness (QED) is 0.456. The lowest BCUT2D eigenvalue weighted by Crippen LogP contribution is -2.52. The number of benzene rings is 2. The first-order valence-electron chi connectivity index (χ1n) is 12.9. The maximum absolute atomic E-state index is 13.4. The number of piperazine rings is 1. The van der Waals surface area contributed by atoms with Gasteiger partial charge in [0.1, 0.15) is 5.75 Å². The molecule has 4 rings (SSSR count). The fraction of sp³-hybridized carbons (Fsp3) is 0.448. The van der Waals surface area contributed by atoms with Crippen molar-refractivity contribution in [2.24, 2.45) is 0 Å². The predicted molar refractivity (Wildman–Crippen MR) is 147 cm³/mol. The number of hydrogen-bond acceptors (Lipinski definition) is 6. The van der Waals surface area contributed by atoms with Crippen LogP contribution in [0.2, 0.25) is 0 Å². The van der Waals surface area contributed by atoms with E-state index in [2.05, 4.69) is 32.6 Å². The van der Waals surface area contributed by atoms with Crippen LogP contribution in [0.3, 0.4) is 0 Å². The van der Waals surface area contributed by atoms with Gasteiger partial charge in [0, 0.05) is 68.5 Å². The van der Waals surface area contributed by atoms with Crippen molar-refractivity contribution in [2.45, 2.75) is 45.2 Å². The van der Waals surface area contributed by atoms with Crippen LogP contribution >= 0.6 is 0 Å². The number of methoxy groups -OCH3 is 1. The Morgan fingerprint density at radius 2 is 1.89 bits per heavy atom. The van der Waals surface area contributed by atoms with E-state index in [9.17, 15) is 4.79 Å². The monoisotopic (exact) mass is 489 g/mol. The van der Waals surface area contributed by atoms with Crippen LogP contribution in [0, 0.1) is 12.3 Å². The summed E-state index contributed by atoms with van der Waals surface area (Å²) in [6, 6.07) is 12.6. The first-order chi connectivity index (χ1) is 17.4. The van der Waals surface area contributed by atoms with Gasteiger partial charge in [-0.25, -0.2) is 0 Å². The molecule has 192 valence electrons. The van der Waals surface area contributed by atoms with Gasteiger partial charge >= 0.3 is 0 Å². The lowest BCUT2D eigenvalue weighted by molar-refractivity contribution is 0.0939. The van der Waals surface area contributed by atoms with Gasteiger partial charge < -0.3 is 25.7 Å². The number of ether oxygens (including phenoxy) is 1. The largest absolute Gasteiger partial charge is 0.497 e. The summed E-state index contributed by atoms with van der Waals surface area (Å²) in [5.41, 5.74) is 5.29. The second kappa shape index (κ2) is 11.6. The van der Waals surface area contributed by atoms with Crippen LogP contribution in [-0.2, 0) is 0 Å². The Bertz CT molecular complexity index is 1120. The highest BCUT2D eigenvalue weighted by molar-refractivity contribution is 6.08. The van der Waals surface area contributed by atoms with Crippen molar-refractivity contribution in [1.29, 1.82) is 5.41 Å². The number of anilines is 1. The second-order valence-corrected chi connectivity index (χ2v) is 9.83. The van der Waals surface area contributed by atoms with Crippen molar-refractivity contribution in [3.8, 4) is 5.75 Å². The zero-order chi connectivity index (χ0) is 25.7. The summed E-state index contributed by atoms with van der Waals surface area (Å²) >= 11 is 0. The van der Waals surface area contributed by atoms with Crippen LogP contribution in [-0.4, -0.2) is 63.4 Å². The fourth-order valence-corrected chi connectivity index (χ4v) is 5.03. The number of allylic oxidation sites excluding steroid dienone is 1. The number of amides is 1. The molecule has 1 saturated heterocycles. The topological polar surface area (TPSA) is 80.7 Å². The Morgan fingerprint density at radius 1 is 1.14 bits per heavy atom. The zero-order valence-electron chi connectivity index (χ0n) is 21.9. The molecule has 7 heteroatoms. The molecule has 0 bridgehead atoms. The average molecular weight is 490 g/mol. The van der Waals surface area contributed by atoms with E-state index in [1.54, 1.807) is 20.4 Å². The van der Waals surface area contributed by atoms with Gasteiger partial charge in [-0.3, -0.25) is 9.69 Å². The summed E-state index contributed by atoms with van der Waals surface area (Å²) in [6.07, 6.45) is 7.13. The van der Waals surface area contributed by atoms with Crippen molar-refractivity contribution in [3.05, 3.63) is 64.9 Å². The molecule has 2 aliphatic rings. The third kappa shape index (κ3) is 5.73. The molecule has 2 aromatic carbocycles. The van der Waals surface area contributed by atoms with Gasteiger partial charge in [-0.2, -0.15) is 0 Å². The number of nitrogens with zero attached hydrogens (tertiary/aromatic N) is 2. The van der Waals surface area contributed by atoms with Crippen molar-refractivity contribution in [1.82, 2.24) is 15.5 Å². The molecule has 1 aliphatic heterocycles. The van der Waals surface area contributed by atoms with Crippen LogP contribution in [0.4, 0.5) is 5.69 Å². The summed E-state index contributed by atoms with van der Waals surface area (Å²) in [4.78, 5) is 18.4. The van der Waals surface area contributed by atoms with E-state index in [-0.39, 0.29) is 11.9 Å². The first kappa shape index (κ1) is 25.8. The van der Waals surface area contributed by atoms with Crippen molar-refractivity contribution < 1.29 is 9.53 Å². The van der Waals surface area contributed by atoms with E-state index in [0.29, 0.717) is 11.3 Å². The molecule has 1 aliphatic carbocycles. The Kier molecular flexibility index (Phi) is 8.31. The minimum atomic E-state index is -0.234. The van der Waals surface area contributed by atoms with Crippen LogP contribution in [0.5, 0.6) is 5.75 Å². The molecule has 7 nitrogen and oxygen atoms in total. The van der Waals surface area contributed by atoms with Gasteiger partial charge in [-0.1, -0.05) is 12.5 Å². The lowest BCUT2D eigenvalue weighted by Gasteiger charge is -2.43. The van der Waals surface area contributed by atoms with E-state index in [4.69, 9.17) is 10.1 Å². The van der Waals surface area contributed by atoms with Crippen molar-refractivity contribution >= 4 is 23.4 Å². The number of rotatable bonds is 9. The third-order valence-corrected chi connectivity index (χ3v) is 7.54. The van der Waals surface area contributed by atoms with Crippen LogP contribution in [0.1, 0.15) is 59.3 Å². The summed E-state index contributed by atoms with van der Waals surface area (Å²) in [7, 11) is 3.43. The predicted octanol–water partition coefficient (Wildman–Crippen LogP) is 4.38. The minimum absolute atomic E-state index is 0.0858. The molecule has 0 unspecified atom stereocenters. The lowest BCUT2D eigenvalue weighted by atomic mass is 9.91. The summed E-state index contributed by atoms with van der Waals surface area (Å²) in [5.74, 6) is 0.601. The van der Waals surface area contributed by atoms with E-state index in [0.717, 1.165) is 60.2 Å². The molecule has 0 spiro atoms. The smallest absolute Gasteiger partial charge is 0.252 e. The number of carbonyl (C=O) groups excluding carboxylic acids is 1. The van der Waals surface area contributed by atoms with Crippen molar-refractivity contribution in [3.63, 3.8) is 0 Å². The Hall–Kier alpha value is -3.32. The van der Waals surface area contributed by atoms with Gasteiger partial charge in [-0.05, 0) is 73.7 Å². The summed E-state index contributed by atoms with van der Waals surface area (Å²) < 4.78 is 5.50. The second-order valence-electron chi connectivity index (χ2n) is 9.83. The molecule has 0 radical (unpaired) electrons. The minimum Gasteiger partial charge on any atom is -0.497 e. The summed E-state index contributed by atoms with van der Waals surface area (Å²) in [5, 5.41) is 13.9. The highest BCUT2D eigenvalue weighted by atomic mass is 16.5. The Morgan fingerprint density at radius 3 is 2.50 bits per heavy atom. The highest BCUT2D eigenvalue weighted by Crippen LogP contribution is 2.29. The average Bonchev–Trinajstić information content (AvgIpc) is 2.86. The molecule has 1 heterocycles. The van der Waals surface area contributed by atoms with Crippen LogP contribution < -0.4 is 20.3 Å². The van der Waals surface area contributed by atoms with Crippen LogP contribution in [0.15, 0.2) is 42.6 Å². The highest BCUT2D eigenvalue weighted by Gasteiger charge is 2.28. The number of nitrogens with one attached hydrogen (secondary N) is 3. The van der Waals surface area contributed by atoms with Crippen LogP contribution in [0.25, 0.3) is 5.57 Å². The molecule has 0 aromatic heterocycles. The molecule has 1 saturated carbocycles. The molecule has 1 amide bonds. The summed E-state index contributed by atoms with van der Waals surface area (Å²) in [6.45, 7) is 8.14. The molecule has 2 fully saturated rings. The normalized spacial score (nSPS) is 17.8. The van der Waals surface area contributed by atoms with Gasteiger partial charge in [0.25, 0.3) is 5.91 Å². The third-order valence-electron chi connectivity index (χ3n) is 7.54. The number of hydrogen-bond donors (Lipinski definition) is 3. The van der Waals surface area contributed by atoms with E-state index < -0.39 is 0 Å². The Balaban J connectivity index is 1.48. The van der Waals surface area contributed by atoms with Gasteiger partial charge in [0.05, 0.1) is 13.2 Å². The molecule has 3 N–H and O–H groups in total. The molecule has 1 atom stereocenters. The maximum Gasteiger partial charge on any atom is 0.252 e. The standard InChI is InChI=1S/C29H39N5O2/c1-20-8-9-26(34-12-10-33(11-13-34)25-6-5-7-25)17-28(20)29(35)32-21(2)22-14-23(16-27(15-22)36-4)24(18-30)19-31-3/h8-9,14-19,21,25,30-31H,5-7,10-13H2,1-4H3,(H,32,35)/b24-19+,30-18?/t21-/m1/s1. The van der Waals surface area contributed by atoms with Gasteiger partial charge in [0.15, 0.2) is 0 Å². The molecule has 36 heavy (non-hydrogen) atoms. The van der Waals surface area contributed by atoms with Gasteiger partial charge in [0.2, 0.25) is 0 Å². The molecule has 2 aromatic rings. The number of aryl methyl sites for hydroxylation is 1.